The van der Waals surface area contributed by atoms with Gasteiger partial charge in [-0.25, -0.2) is 4.39 Å². The summed E-state index contributed by atoms with van der Waals surface area (Å²) in [7, 11) is 1.46. The second-order valence-electron chi connectivity index (χ2n) is 5.58. The minimum atomic E-state index is -0.362. The number of nitrogens with two attached hydrogens (primary N) is 1. The molecule has 0 aromatic heterocycles. The zero-order valence-corrected chi connectivity index (χ0v) is 12.0. The molecule has 0 fully saturated rings. The van der Waals surface area contributed by atoms with Crippen molar-refractivity contribution in [1.29, 1.82) is 0 Å². The third kappa shape index (κ3) is 2.59. The number of rotatable bonds is 4. The number of fused-ring (bicyclic) bond motifs is 1. The topological polar surface area (TPSA) is 47.3 Å². The van der Waals surface area contributed by atoms with E-state index in [1.54, 1.807) is 12.1 Å². The van der Waals surface area contributed by atoms with E-state index in [9.17, 15) is 4.39 Å². The highest BCUT2D eigenvalue weighted by Crippen LogP contribution is 2.33. The van der Waals surface area contributed by atoms with Crippen molar-refractivity contribution in [2.75, 3.05) is 19.0 Å². The Hall–Kier alpha value is -2.07. The van der Waals surface area contributed by atoms with Crippen LogP contribution >= 0.6 is 0 Å². The highest BCUT2D eigenvalue weighted by atomic mass is 19.1. The van der Waals surface area contributed by atoms with Crippen molar-refractivity contribution in [1.82, 2.24) is 0 Å². The Morgan fingerprint density at radius 3 is 2.43 bits per heavy atom. The molecular weight excluding hydrogens is 267 g/mol. The van der Waals surface area contributed by atoms with Gasteiger partial charge in [0.15, 0.2) is 11.6 Å². The molecule has 0 atom stereocenters. The van der Waals surface area contributed by atoms with E-state index < -0.39 is 0 Å². The van der Waals surface area contributed by atoms with Crippen molar-refractivity contribution >= 4 is 5.69 Å². The molecule has 0 spiro atoms. The van der Waals surface area contributed by atoms with Gasteiger partial charge in [0.2, 0.25) is 0 Å². The van der Waals surface area contributed by atoms with Gasteiger partial charge in [-0.2, -0.15) is 0 Å². The number of hydrogen-bond donors (Lipinski definition) is 2. The molecule has 0 saturated carbocycles. The van der Waals surface area contributed by atoms with E-state index in [-0.39, 0.29) is 17.1 Å². The number of hydrogen-bond acceptors (Lipinski definition) is 3. The van der Waals surface area contributed by atoms with Crippen LogP contribution in [0.2, 0.25) is 0 Å². The molecule has 0 saturated heterocycles. The normalized spacial score (nSPS) is 15.6. The fourth-order valence-electron chi connectivity index (χ4n) is 3.02. The maximum atomic E-state index is 13.5. The minimum absolute atomic E-state index is 0.216. The van der Waals surface area contributed by atoms with Gasteiger partial charge in [0.1, 0.15) is 0 Å². The molecule has 4 heteroatoms. The molecule has 0 unspecified atom stereocenters. The molecule has 0 bridgehead atoms. The molecular formula is C17H19FN2O. The number of methoxy groups -OCH3 is 1. The van der Waals surface area contributed by atoms with Crippen LogP contribution in [0.5, 0.6) is 5.75 Å². The highest BCUT2D eigenvalue weighted by Gasteiger charge is 2.35. The van der Waals surface area contributed by atoms with Gasteiger partial charge < -0.3 is 15.8 Å². The average molecular weight is 286 g/mol. The standard InChI is InChI=1S/C17H19FN2O/c1-21-16-8-14(6-7-15(16)18)20-17(11-19)9-12-4-2-3-5-13(12)10-17/h2-8,20H,9-11,19H2,1H3. The van der Waals surface area contributed by atoms with E-state index in [2.05, 4.69) is 17.4 Å². The average Bonchev–Trinajstić information content (AvgIpc) is 2.88. The summed E-state index contributed by atoms with van der Waals surface area (Å²) in [5.74, 6) is -0.123. The van der Waals surface area contributed by atoms with Gasteiger partial charge in [-0.1, -0.05) is 24.3 Å². The lowest BCUT2D eigenvalue weighted by Crippen LogP contribution is -2.46. The molecule has 1 aliphatic rings. The van der Waals surface area contributed by atoms with Crippen molar-refractivity contribution in [3.63, 3.8) is 0 Å². The monoisotopic (exact) mass is 286 g/mol. The van der Waals surface area contributed by atoms with Gasteiger partial charge in [0.05, 0.1) is 12.6 Å². The molecule has 0 heterocycles. The zero-order chi connectivity index (χ0) is 14.9. The van der Waals surface area contributed by atoms with Crippen LogP contribution in [0.15, 0.2) is 42.5 Å². The quantitative estimate of drug-likeness (QED) is 0.908. The maximum Gasteiger partial charge on any atom is 0.165 e. The SMILES string of the molecule is COc1cc(NC2(CN)Cc3ccccc3C2)ccc1F. The lowest BCUT2D eigenvalue weighted by molar-refractivity contribution is 0.386. The molecule has 2 aromatic rings. The van der Waals surface area contributed by atoms with Crippen LogP contribution in [0, 0.1) is 5.82 Å². The number of anilines is 1. The van der Waals surface area contributed by atoms with Crippen molar-refractivity contribution in [2.24, 2.45) is 5.73 Å². The van der Waals surface area contributed by atoms with Gasteiger partial charge in [0.25, 0.3) is 0 Å². The lowest BCUT2D eigenvalue weighted by atomic mass is 9.95. The van der Waals surface area contributed by atoms with E-state index in [1.165, 1.54) is 24.3 Å². The second kappa shape index (κ2) is 5.37. The van der Waals surface area contributed by atoms with Crippen LogP contribution in [-0.2, 0) is 12.8 Å². The Balaban J connectivity index is 1.86. The number of halogens is 1. The van der Waals surface area contributed by atoms with Gasteiger partial charge in [0, 0.05) is 18.3 Å². The molecule has 0 radical (unpaired) electrons. The van der Waals surface area contributed by atoms with Crippen LogP contribution in [0.3, 0.4) is 0 Å². The molecule has 3 nitrogen and oxygen atoms in total. The predicted molar refractivity (Wildman–Crippen MR) is 82.2 cm³/mol. The number of nitrogens with one attached hydrogen (secondary N) is 1. The summed E-state index contributed by atoms with van der Waals surface area (Å²) >= 11 is 0. The summed E-state index contributed by atoms with van der Waals surface area (Å²) in [6, 6.07) is 13.2. The predicted octanol–water partition coefficient (Wildman–Crippen LogP) is 2.74. The summed E-state index contributed by atoms with van der Waals surface area (Å²) in [5.41, 5.74) is 9.29. The van der Waals surface area contributed by atoms with E-state index >= 15 is 0 Å². The van der Waals surface area contributed by atoms with Crippen LogP contribution in [0.1, 0.15) is 11.1 Å². The summed E-state index contributed by atoms with van der Waals surface area (Å²) in [4.78, 5) is 0. The van der Waals surface area contributed by atoms with Gasteiger partial charge in [-0.05, 0) is 36.1 Å². The van der Waals surface area contributed by atoms with Gasteiger partial charge in [-0.15, -0.1) is 0 Å². The Morgan fingerprint density at radius 1 is 1.19 bits per heavy atom. The number of ether oxygens (including phenoxy) is 1. The fraction of sp³-hybridized carbons (Fsp3) is 0.294. The molecule has 0 aliphatic heterocycles. The first-order valence-corrected chi connectivity index (χ1v) is 7.04. The summed E-state index contributed by atoms with van der Waals surface area (Å²) in [6.45, 7) is 0.515. The minimum Gasteiger partial charge on any atom is -0.494 e. The van der Waals surface area contributed by atoms with Gasteiger partial charge >= 0.3 is 0 Å². The Kier molecular flexibility index (Phi) is 3.55. The van der Waals surface area contributed by atoms with E-state index in [1.807, 2.05) is 12.1 Å². The highest BCUT2D eigenvalue weighted by molar-refractivity contribution is 5.53. The fourth-order valence-corrected chi connectivity index (χ4v) is 3.02. The van der Waals surface area contributed by atoms with E-state index in [0.29, 0.717) is 6.54 Å². The Bertz CT molecular complexity index is 632. The van der Waals surface area contributed by atoms with Crippen molar-refractivity contribution in [2.45, 2.75) is 18.4 Å². The first kappa shape index (κ1) is 13.9. The third-order valence-electron chi connectivity index (χ3n) is 4.13. The van der Waals surface area contributed by atoms with E-state index in [4.69, 9.17) is 10.5 Å². The summed E-state index contributed by atoms with van der Waals surface area (Å²) in [5, 5.41) is 3.48. The van der Waals surface area contributed by atoms with Gasteiger partial charge in [-0.3, -0.25) is 0 Å². The molecule has 3 rings (SSSR count). The molecule has 2 aromatic carbocycles. The summed E-state index contributed by atoms with van der Waals surface area (Å²) < 4.78 is 18.5. The molecule has 1 aliphatic carbocycles. The number of benzene rings is 2. The maximum absolute atomic E-state index is 13.5. The Morgan fingerprint density at radius 2 is 1.86 bits per heavy atom. The van der Waals surface area contributed by atoms with Crippen molar-refractivity contribution in [3.05, 3.63) is 59.4 Å². The smallest absolute Gasteiger partial charge is 0.165 e. The van der Waals surface area contributed by atoms with E-state index in [0.717, 1.165) is 18.5 Å². The van der Waals surface area contributed by atoms with Crippen LogP contribution in [-0.4, -0.2) is 19.2 Å². The third-order valence-corrected chi connectivity index (χ3v) is 4.13. The second-order valence-corrected chi connectivity index (χ2v) is 5.58. The van der Waals surface area contributed by atoms with Crippen LogP contribution < -0.4 is 15.8 Å². The van der Waals surface area contributed by atoms with Crippen LogP contribution in [0.4, 0.5) is 10.1 Å². The zero-order valence-electron chi connectivity index (χ0n) is 12.0. The molecule has 110 valence electrons. The van der Waals surface area contributed by atoms with Crippen molar-refractivity contribution < 1.29 is 9.13 Å². The molecule has 21 heavy (non-hydrogen) atoms. The van der Waals surface area contributed by atoms with Crippen LogP contribution in [0.25, 0.3) is 0 Å². The first-order valence-electron chi connectivity index (χ1n) is 7.04. The van der Waals surface area contributed by atoms with Crippen molar-refractivity contribution in [3.8, 4) is 5.75 Å². The Labute approximate surface area is 123 Å². The first-order chi connectivity index (χ1) is 10.2. The largest absolute Gasteiger partial charge is 0.494 e. The summed E-state index contributed by atoms with van der Waals surface area (Å²) in [6.07, 6.45) is 1.75. The lowest BCUT2D eigenvalue weighted by Gasteiger charge is -2.30. The molecule has 0 amide bonds. The molecule has 3 N–H and O–H groups in total.